The second-order valence-electron chi connectivity index (χ2n) is 5.31. The van der Waals surface area contributed by atoms with Crippen molar-refractivity contribution in [2.75, 3.05) is 38.8 Å². The van der Waals surface area contributed by atoms with Crippen LogP contribution in [0.15, 0.2) is 30.3 Å². The van der Waals surface area contributed by atoms with Crippen LogP contribution in [-0.2, 0) is 6.54 Å². The fraction of sp³-hybridized carbons (Fsp3) is 0.333. The van der Waals surface area contributed by atoms with Gasteiger partial charge < -0.3 is 15.5 Å². The molecule has 0 spiro atoms. The molecule has 1 aromatic carbocycles. The largest absolute Gasteiger partial charge is 0.384 e. The maximum absolute atomic E-state index is 5.85. The summed E-state index contributed by atoms with van der Waals surface area (Å²) in [5, 5.41) is 0. The Labute approximate surface area is 120 Å². The van der Waals surface area contributed by atoms with E-state index in [1.807, 2.05) is 19.0 Å². The lowest BCUT2D eigenvalue weighted by molar-refractivity contribution is 0.402. The summed E-state index contributed by atoms with van der Waals surface area (Å²) in [6.45, 7) is 0.926. The van der Waals surface area contributed by atoms with Gasteiger partial charge in [0.25, 0.3) is 0 Å². The third kappa shape index (κ3) is 3.45. The average molecular weight is 271 g/mol. The summed E-state index contributed by atoms with van der Waals surface area (Å²) in [4.78, 5) is 12.7. The molecule has 1 aromatic heterocycles. The van der Waals surface area contributed by atoms with Gasteiger partial charge in [0.15, 0.2) is 0 Å². The van der Waals surface area contributed by atoms with Crippen LogP contribution in [0.25, 0.3) is 11.3 Å². The fourth-order valence-electron chi connectivity index (χ4n) is 1.95. The molecule has 0 saturated carbocycles. The van der Waals surface area contributed by atoms with Crippen LogP contribution in [-0.4, -0.2) is 43.1 Å². The van der Waals surface area contributed by atoms with Gasteiger partial charge in [-0.15, -0.1) is 0 Å². The molecular formula is C15H21N5. The lowest BCUT2D eigenvalue weighted by atomic mass is 10.1. The van der Waals surface area contributed by atoms with E-state index >= 15 is 0 Å². The van der Waals surface area contributed by atoms with Gasteiger partial charge in [-0.25, -0.2) is 4.98 Å². The summed E-state index contributed by atoms with van der Waals surface area (Å²) in [6, 6.07) is 10.2. The minimum atomic E-state index is 0.482. The lowest BCUT2D eigenvalue weighted by Crippen LogP contribution is -2.14. The molecule has 5 heteroatoms. The van der Waals surface area contributed by atoms with Crippen LogP contribution in [0.1, 0.15) is 5.56 Å². The number of benzene rings is 1. The number of aromatic nitrogens is 2. The summed E-state index contributed by atoms with van der Waals surface area (Å²) < 4.78 is 0. The van der Waals surface area contributed by atoms with E-state index < -0.39 is 0 Å². The smallest absolute Gasteiger partial charge is 0.227 e. The molecule has 0 unspecified atom stereocenters. The molecule has 2 aromatic rings. The van der Waals surface area contributed by atoms with Crippen LogP contribution in [0.2, 0.25) is 0 Å². The zero-order valence-electron chi connectivity index (χ0n) is 12.5. The van der Waals surface area contributed by atoms with Gasteiger partial charge in [0.2, 0.25) is 5.95 Å². The predicted molar refractivity (Wildman–Crippen MR) is 83.6 cm³/mol. The van der Waals surface area contributed by atoms with Gasteiger partial charge >= 0.3 is 0 Å². The Morgan fingerprint density at radius 1 is 1.00 bits per heavy atom. The number of rotatable bonds is 4. The zero-order valence-corrected chi connectivity index (χ0v) is 12.5. The summed E-state index contributed by atoms with van der Waals surface area (Å²) in [7, 11) is 7.92. The Morgan fingerprint density at radius 3 is 2.20 bits per heavy atom. The highest BCUT2D eigenvalue weighted by Crippen LogP contribution is 2.21. The van der Waals surface area contributed by atoms with Crippen molar-refractivity contribution in [1.29, 1.82) is 0 Å². The second-order valence-corrected chi connectivity index (χ2v) is 5.31. The standard InChI is InChI=1S/C15H21N5/c1-19(2)10-11-5-7-12(8-6-11)13-9-14(16)18-15(17-13)20(3)4/h5-9H,10H2,1-4H3,(H2,16,17,18). The lowest BCUT2D eigenvalue weighted by Gasteiger charge is -2.13. The Morgan fingerprint density at radius 2 is 1.65 bits per heavy atom. The number of nitrogens with zero attached hydrogens (tertiary/aromatic N) is 4. The topological polar surface area (TPSA) is 58.3 Å². The van der Waals surface area contributed by atoms with Crippen LogP contribution >= 0.6 is 0 Å². The van der Waals surface area contributed by atoms with E-state index in [9.17, 15) is 0 Å². The molecule has 0 aliphatic rings. The van der Waals surface area contributed by atoms with Crippen molar-refractivity contribution in [2.45, 2.75) is 6.54 Å². The number of hydrogen-bond donors (Lipinski definition) is 1. The number of nitrogen functional groups attached to an aromatic ring is 1. The maximum atomic E-state index is 5.85. The first-order valence-electron chi connectivity index (χ1n) is 6.51. The van der Waals surface area contributed by atoms with Crippen molar-refractivity contribution >= 4 is 11.8 Å². The van der Waals surface area contributed by atoms with E-state index in [4.69, 9.17) is 5.73 Å². The summed E-state index contributed by atoms with van der Waals surface area (Å²) in [6.07, 6.45) is 0. The molecule has 0 saturated heterocycles. The van der Waals surface area contributed by atoms with Crippen LogP contribution in [0.5, 0.6) is 0 Å². The van der Waals surface area contributed by atoms with Crippen LogP contribution in [0, 0.1) is 0 Å². The van der Waals surface area contributed by atoms with Crippen molar-refractivity contribution in [3.63, 3.8) is 0 Å². The second kappa shape index (κ2) is 5.88. The monoisotopic (exact) mass is 271 g/mol. The first-order chi connectivity index (χ1) is 9.45. The molecule has 1 heterocycles. The van der Waals surface area contributed by atoms with Gasteiger partial charge in [0.05, 0.1) is 5.69 Å². The number of nitrogens with two attached hydrogens (primary N) is 1. The summed E-state index contributed by atoms with van der Waals surface area (Å²) >= 11 is 0. The predicted octanol–water partition coefficient (Wildman–Crippen LogP) is 1.85. The molecule has 0 amide bonds. The van der Waals surface area contributed by atoms with E-state index in [0.717, 1.165) is 17.8 Å². The third-order valence-electron chi connectivity index (χ3n) is 2.88. The van der Waals surface area contributed by atoms with E-state index in [1.54, 1.807) is 6.07 Å². The molecule has 2 N–H and O–H groups in total. The number of hydrogen-bond acceptors (Lipinski definition) is 5. The van der Waals surface area contributed by atoms with Crippen LogP contribution in [0.3, 0.4) is 0 Å². The first kappa shape index (κ1) is 14.3. The van der Waals surface area contributed by atoms with E-state index in [0.29, 0.717) is 11.8 Å². The highest BCUT2D eigenvalue weighted by molar-refractivity contribution is 5.64. The van der Waals surface area contributed by atoms with E-state index in [2.05, 4.69) is 53.2 Å². The van der Waals surface area contributed by atoms with Crippen molar-refractivity contribution in [1.82, 2.24) is 14.9 Å². The molecule has 2 rings (SSSR count). The molecule has 20 heavy (non-hydrogen) atoms. The van der Waals surface area contributed by atoms with Crippen molar-refractivity contribution in [3.8, 4) is 11.3 Å². The maximum Gasteiger partial charge on any atom is 0.227 e. The first-order valence-corrected chi connectivity index (χ1v) is 6.51. The van der Waals surface area contributed by atoms with Crippen LogP contribution < -0.4 is 10.6 Å². The van der Waals surface area contributed by atoms with Gasteiger partial charge in [-0.1, -0.05) is 24.3 Å². The number of anilines is 2. The molecule has 0 atom stereocenters. The molecule has 0 fully saturated rings. The average Bonchev–Trinajstić information content (AvgIpc) is 2.38. The highest BCUT2D eigenvalue weighted by Gasteiger charge is 2.07. The van der Waals surface area contributed by atoms with Gasteiger partial charge in [-0.2, -0.15) is 4.98 Å². The molecule has 0 aliphatic carbocycles. The van der Waals surface area contributed by atoms with E-state index in [1.165, 1.54) is 5.56 Å². The van der Waals surface area contributed by atoms with E-state index in [-0.39, 0.29) is 0 Å². The van der Waals surface area contributed by atoms with Crippen molar-refractivity contribution in [2.24, 2.45) is 0 Å². The Kier molecular flexibility index (Phi) is 4.20. The normalized spacial score (nSPS) is 10.8. The zero-order chi connectivity index (χ0) is 14.7. The minimum absolute atomic E-state index is 0.482. The SMILES string of the molecule is CN(C)Cc1ccc(-c2cc(N)nc(N(C)C)n2)cc1. The minimum Gasteiger partial charge on any atom is -0.384 e. The Hall–Kier alpha value is -2.14. The van der Waals surface area contributed by atoms with Gasteiger partial charge in [-0.3, -0.25) is 0 Å². The van der Waals surface area contributed by atoms with Crippen molar-refractivity contribution < 1.29 is 0 Å². The quantitative estimate of drug-likeness (QED) is 0.919. The fourth-order valence-corrected chi connectivity index (χ4v) is 1.95. The van der Waals surface area contributed by atoms with Gasteiger partial charge in [0, 0.05) is 32.3 Å². The molecular weight excluding hydrogens is 250 g/mol. The molecule has 0 aliphatic heterocycles. The molecule has 5 nitrogen and oxygen atoms in total. The summed E-state index contributed by atoms with van der Waals surface area (Å²) in [5.41, 5.74) is 9.01. The van der Waals surface area contributed by atoms with Gasteiger partial charge in [-0.05, 0) is 19.7 Å². The highest BCUT2D eigenvalue weighted by atomic mass is 15.2. The summed E-state index contributed by atoms with van der Waals surface area (Å²) in [5.74, 6) is 1.11. The Balaban J connectivity index is 2.31. The molecule has 0 bridgehead atoms. The van der Waals surface area contributed by atoms with Crippen molar-refractivity contribution in [3.05, 3.63) is 35.9 Å². The Bertz CT molecular complexity index is 575. The van der Waals surface area contributed by atoms with Crippen LogP contribution in [0.4, 0.5) is 11.8 Å². The van der Waals surface area contributed by atoms with Gasteiger partial charge in [0.1, 0.15) is 5.82 Å². The molecule has 106 valence electrons. The third-order valence-corrected chi connectivity index (χ3v) is 2.88. The molecule has 0 radical (unpaired) electrons.